The maximum absolute atomic E-state index is 12.9. The lowest BCUT2D eigenvalue weighted by Gasteiger charge is -2.31. The van der Waals surface area contributed by atoms with E-state index in [1.54, 1.807) is 23.7 Å². The molecule has 4 aromatic rings. The van der Waals surface area contributed by atoms with E-state index in [0.29, 0.717) is 31.1 Å². The molecule has 1 aromatic carbocycles. The maximum atomic E-state index is 12.9. The van der Waals surface area contributed by atoms with Gasteiger partial charge in [0, 0.05) is 29.4 Å². The second-order valence-corrected chi connectivity index (χ2v) is 8.77. The van der Waals surface area contributed by atoms with Crippen LogP contribution in [0.4, 0.5) is 0 Å². The molecule has 1 aliphatic rings. The summed E-state index contributed by atoms with van der Waals surface area (Å²) in [5, 5.41) is 11.1. The van der Waals surface area contributed by atoms with E-state index in [2.05, 4.69) is 15.5 Å². The first-order valence-electron chi connectivity index (χ1n) is 10.3. The number of aromatic amines is 1. The number of nitrogens with zero attached hydrogens (tertiary/aromatic N) is 2. The van der Waals surface area contributed by atoms with Crippen LogP contribution in [0.15, 0.2) is 59.2 Å². The summed E-state index contributed by atoms with van der Waals surface area (Å²) in [6.45, 7) is 1.71. The number of amides is 2. The fraction of sp³-hybridized carbons (Fsp3) is 0.261. The zero-order valence-corrected chi connectivity index (χ0v) is 17.7. The Morgan fingerprint density at radius 3 is 2.77 bits per heavy atom. The molecule has 2 N–H and O–H groups in total. The van der Waals surface area contributed by atoms with Crippen LogP contribution in [0, 0.1) is 0 Å². The number of thiophene rings is 1. The summed E-state index contributed by atoms with van der Waals surface area (Å²) in [7, 11) is 0. The van der Waals surface area contributed by atoms with Crippen molar-refractivity contribution in [3.05, 3.63) is 76.8 Å². The summed E-state index contributed by atoms with van der Waals surface area (Å²) < 4.78 is 6.36. The first-order valence-corrected chi connectivity index (χ1v) is 11.1. The van der Waals surface area contributed by atoms with Gasteiger partial charge < -0.3 is 14.6 Å². The van der Waals surface area contributed by atoms with E-state index in [0.717, 1.165) is 33.5 Å². The number of hydrogen-bond donors (Lipinski definition) is 2. The van der Waals surface area contributed by atoms with Gasteiger partial charge in [-0.15, -0.1) is 11.3 Å². The maximum Gasteiger partial charge on any atom is 0.272 e. The van der Waals surface area contributed by atoms with Crippen LogP contribution in [0.2, 0.25) is 0 Å². The molecule has 2 amide bonds. The van der Waals surface area contributed by atoms with Gasteiger partial charge in [0.25, 0.3) is 11.8 Å². The summed E-state index contributed by atoms with van der Waals surface area (Å²) in [5.74, 6) is 0.809. The number of fused-ring (bicyclic) bond motifs is 1. The zero-order chi connectivity index (χ0) is 21.2. The first-order chi connectivity index (χ1) is 15.2. The van der Waals surface area contributed by atoms with Gasteiger partial charge in [0.15, 0.2) is 0 Å². The van der Waals surface area contributed by atoms with Gasteiger partial charge in [-0.25, -0.2) is 0 Å². The molecule has 0 saturated carbocycles. The van der Waals surface area contributed by atoms with E-state index < -0.39 is 0 Å². The summed E-state index contributed by atoms with van der Waals surface area (Å²) in [6, 6.07) is 15.5. The normalized spacial score (nSPS) is 14.8. The van der Waals surface area contributed by atoms with Crippen molar-refractivity contribution < 1.29 is 14.0 Å². The van der Waals surface area contributed by atoms with Crippen LogP contribution in [-0.4, -0.2) is 40.0 Å². The number of likely N-dealkylation sites (tertiary alicyclic amines) is 1. The second kappa shape index (κ2) is 8.39. The van der Waals surface area contributed by atoms with Crippen LogP contribution in [0.25, 0.3) is 10.1 Å². The minimum absolute atomic E-state index is 0.0993. The molecule has 5 rings (SSSR count). The predicted molar refractivity (Wildman–Crippen MR) is 118 cm³/mol. The Bertz CT molecular complexity index is 1170. The molecular formula is C23H22N4O3S. The summed E-state index contributed by atoms with van der Waals surface area (Å²) in [6.07, 6.45) is 3.25. The zero-order valence-electron chi connectivity index (χ0n) is 16.8. The Balaban J connectivity index is 1.18. The van der Waals surface area contributed by atoms with Gasteiger partial charge in [-0.05, 0) is 48.6 Å². The van der Waals surface area contributed by atoms with E-state index in [1.165, 1.54) is 0 Å². The van der Waals surface area contributed by atoms with Crippen LogP contribution < -0.4 is 5.32 Å². The highest BCUT2D eigenvalue weighted by Crippen LogP contribution is 2.30. The molecular weight excluding hydrogens is 412 g/mol. The first kappa shape index (κ1) is 19.6. The van der Waals surface area contributed by atoms with E-state index in [1.807, 2.05) is 47.4 Å². The smallest absolute Gasteiger partial charge is 0.272 e. The Morgan fingerprint density at radius 1 is 1.16 bits per heavy atom. The SMILES string of the molecule is O=C(NCc1ccco1)c1cc(C2CCN(C(=O)c3cc4ccccc4s3)CC2)[nH]n1. The number of piperidine rings is 1. The number of carbonyl (C=O) groups is 2. The van der Waals surface area contributed by atoms with Crippen LogP contribution in [0.1, 0.15) is 50.4 Å². The van der Waals surface area contributed by atoms with Gasteiger partial charge in [-0.1, -0.05) is 18.2 Å². The Morgan fingerprint density at radius 2 is 2.00 bits per heavy atom. The lowest BCUT2D eigenvalue weighted by Crippen LogP contribution is -2.37. The van der Waals surface area contributed by atoms with Crippen molar-refractivity contribution in [3.63, 3.8) is 0 Å². The molecule has 1 aliphatic heterocycles. The van der Waals surface area contributed by atoms with Crippen LogP contribution in [0.3, 0.4) is 0 Å². The summed E-state index contributed by atoms with van der Waals surface area (Å²) in [4.78, 5) is 28.0. The highest BCUT2D eigenvalue weighted by Gasteiger charge is 2.27. The monoisotopic (exact) mass is 434 g/mol. The predicted octanol–water partition coefficient (Wildman–Crippen LogP) is 4.17. The van der Waals surface area contributed by atoms with E-state index in [4.69, 9.17) is 4.42 Å². The molecule has 8 heteroatoms. The topological polar surface area (TPSA) is 91.2 Å². The number of rotatable bonds is 5. The fourth-order valence-electron chi connectivity index (χ4n) is 3.97. The molecule has 0 atom stereocenters. The Hall–Kier alpha value is -3.39. The minimum Gasteiger partial charge on any atom is -0.467 e. The summed E-state index contributed by atoms with van der Waals surface area (Å²) >= 11 is 1.55. The molecule has 1 saturated heterocycles. The highest BCUT2D eigenvalue weighted by molar-refractivity contribution is 7.20. The lowest BCUT2D eigenvalue weighted by molar-refractivity contribution is 0.0717. The van der Waals surface area contributed by atoms with Gasteiger partial charge in [0.05, 0.1) is 17.7 Å². The number of nitrogens with one attached hydrogen (secondary N) is 2. The molecule has 0 radical (unpaired) electrons. The van der Waals surface area contributed by atoms with Crippen molar-refractivity contribution in [2.45, 2.75) is 25.3 Å². The van der Waals surface area contributed by atoms with Gasteiger partial charge >= 0.3 is 0 Å². The van der Waals surface area contributed by atoms with E-state index in [-0.39, 0.29) is 17.7 Å². The van der Waals surface area contributed by atoms with Gasteiger partial charge in [0.2, 0.25) is 0 Å². The van der Waals surface area contributed by atoms with Gasteiger partial charge in [-0.2, -0.15) is 5.10 Å². The molecule has 0 aliphatic carbocycles. The van der Waals surface area contributed by atoms with Crippen molar-refractivity contribution in [2.75, 3.05) is 13.1 Å². The molecule has 1 fully saturated rings. The van der Waals surface area contributed by atoms with Crippen molar-refractivity contribution in [2.24, 2.45) is 0 Å². The lowest BCUT2D eigenvalue weighted by atomic mass is 9.93. The molecule has 31 heavy (non-hydrogen) atoms. The third-order valence-electron chi connectivity index (χ3n) is 5.69. The molecule has 158 valence electrons. The number of aromatic nitrogens is 2. The van der Waals surface area contributed by atoms with Crippen LogP contribution >= 0.6 is 11.3 Å². The highest BCUT2D eigenvalue weighted by atomic mass is 32.1. The third kappa shape index (κ3) is 4.11. The van der Waals surface area contributed by atoms with Gasteiger partial charge in [0.1, 0.15) is 11.5 Å². The number of benzene rings is 1. The van der Waals surface area contributed by atoms with Crippen LogP contribution in [0.5, 0.6) is 0 Å². The largest absolute Gasteiger partial charge is 0.467 e. The van der Waals surface area contributed by atoms with Crippen molar-refractivity contribution in [3.8, 4) is 0 Å². The van der Waals surface area contributed by atoms with Crippen molar-refractivity contribution >= 4 is 33.2 Å². The van der Waals surface area contributed by atoms with E-state index >= 15 is 0 Å². The number of furan rings is 1. The molecule has 7 nitrogen and oxygen atoms in total. The molecule has 3 aromatic heterocycles. The van der Waals surface area contributed by atoms with Gasteiger partial charge in [-0.3, -0.25) is 14.7 Å². The molecule has 4 heterocycles. The fourth-order valence-corrected chi connectivity index (χ4v) is 5.00. The second-order valence-electron chi connectivity index (χ2n) is 7.69. The number of carbonyl (C=O) groups excluding carboxylic acids is 2. The Labute approximate surface area is 183 Å². The Kier molecular flexibility index (Phi) is 5.30. The average molecular weight is 435 g/mol. The minimum atomic E-state index is -0.240. The molecule has 0 bridgehead atoms. The summed E-state index contributed by atoms with van der Waals surface area (Å²) in [5.41, 5.74) is 1.31. The standard InChI is InChI=1S/C23H22N4O3S/c28-22(24-14-17-5-3-11-30-17)19-13-18(25-26-19)15-7-9-27(10-8-15)23(29)21-12-16-4-1-2-6-20(16)31-21/h1-6,11-13,15H,7-10,14H2,(H,24,28)(H,25,26). The number of H-pyrrole nitrogens is 1. The molecule has 0 spiro atoms. The third-order valence-corrected chi connectivity index (χ3v) is 6.80. The number of hydrogen-bond acceptors (Lipinski definition) is 5. The quantitative estimate of drug-likeness (QED) is 0.493. The van der Waals surface area contributed by atoms with Crippen molar-refractivity contribution in [1.82, 2.24) is 20.4 Å². The molecule has 0 unspecified atom stereocenters. The van der Waals surface area contributed by atoms with Crippen molar-refractivity contribution in [1.29, 1.82) is 0 Å². The van der Waals surface area contributed by atoms with E-state index in [9.17, 15) is 9.59 Å². The average Bonchev–Trinajstić information content (AvgIpc) is 3.57. The van der Waals surface area contributed by atoms with Crippen LogP contribution in [-0.2, 0) is 6.54 Å².